The summed E-state index contributed by atoms with van der Waals surface area (Å²) in [5.41, 5.74) is 2.47. The van der Waals surface area contributed by atoms with Crippen LogP contribution in [0, 0.1) is 5.82 Å². The number of fused-ring (bicyclic) bond motifs is 1. The summed E-state index contributed by atoms with van der Waals surface area (Å²) in [6, 6.07) is 12.4. The molecule has 0 aliphatic carbocycles. The van der Waals surface area contributed by atoms with Gasteiger partial charge in [-0.3, -0.25) is 0 Å². The van der Waals surface area contributed by atoms with Crippen molar-refractivity contribution >= 4 is 27.4 Å². The number of benzene rings is 2. The Bertz CT molecular complexity index is 1100. The van der Waals surface area contributed by atoms with Crippen LogP contribution in [0.2, 0.25) is 0 Å². The van der Waals surface area contributed by atoms with Crippen molar-refractivity contribution in [2.75, 3.05) is 5.32 Å². The topological polar surface area (TPSA) is 78.3 Å². The van der Waals surface area contributed by atoms with Crippen molar-refractivity contribution < 1.29 is 14.6 Å². The lowest BCUT2D eigenvalue weighted by Crippen LogP contribution is -2.24. The van der Waals surface area contributed by atoms with Crippen LogP contribution in [-0.2, 0) is 0 Å². The number of hydrogen-bond donors (Lipinski definition) is 3. The van der Waals surface area contributed by atoms with E-state index in [9.17, 15) is 14.6 Å². The fraction of sp³-hybridized carbons (Fsp3) is 0.143. The van der Waals surface area contributed by atoms with Gasteiger partial charge in [0.1, 0.15) is 28.5 Å². The van der Waals surface area contributed by atoms with Crippen LogP contribution in [0.3, 0.4) is 0 Å². The summed E-state index contributed by atoms with van der Waals surface area (Å²) in [5, 5.41) is 26.2. The molecule has 0 unspecified atom stereocenters. The molecule has 28 heavy (non-hydrogen) atoms. The molecule has 0 radical (unpaired) electrons. The first kappa shape index (κ1) is 18.3. The van der Waals surface area contributed by atoms with Crippen molar-refractivity contribution in [1.29, 1.82) is 0 Å². The molecule has 2 heterocycles. The zero-order valence-corrected chi connectivity index (χ0v) is 15.8. The zero-order chi connectivity index (χ0) is 19.7. The number of phenolic OH excluding ortho intramolecular Hbond substituents is 1. The highest BCUT2D eigenvalue weighted by Crippen LogP contribution is 2.37. The van der Waals surface area contributed by atoms with Crippen molar-refractivity contribution in [3.8, 4) is 16.9 Å². The highest BCUT2D eigenvalue weighted by molar-refractivity contribution is 7.17. The largest absolute Gasteiger partial charge is 0.508 e. The highest BCUT2D eigenvalue weighted by atomic mass is 32.1. The van der Waals surface area contributed by atoms with Crippen LogP contribution in [0.15, 0.2) is 60.2 Å². The zero-order valence-electron chi connectivity index (χ0n) is 15.0. The van der Waals surface area contributed by atoms with E-state index < -0.39 is 6.10 Å². The third-order valence-corrected chi connectivity index (χ3v) is 5.48. The van der Waals surface area contributed by atoms with Gasteiger partial charge in [-0.25, -0.2) is 14.4 Å². The number of phenols is 1. The van der Waals surface area contributed by atoms with Crippen molar-refractivity contribution in [1.82, 2.24) is 9.97 Å². The minimum absolute atomic E-state index is 0.149. The Labute approximate surface area is 165 Å². The fourth-order valence-corrected chi connectivity index (χ4v) is 4.00. The highest BCUT2D eigenvalue weighted by Gasteiger charge is 2.20. The molecular weight excluding hydrogens is 377 g/mol. The molecule has 0 amide bonds. The van der Waals surface area contributed by atoms with Crippen molar-refractivity contribution in [3.05, 3.63) is 71.6 Å². The quantitative estimate of drug-likeness (QED) is 0.455. The second-order valence-corrected chi connectivity index (χ2v) is 7.39. The van der Waals surface area contributed by atoms with Gasteiger partial charge in [-0.2, -0.15) is 0 Å². The Balaban J connectivity index is 1.67. The average molecular weight is 395 g/mol. The molecule has 4 rings (SSSR count). The third-order valence-electron chi connectivity index (χ3n) is 4.60. The number of rotatable bonds is 5. The normalized spacial score (nSPS) is 13.4. The number of thiophene rings is 1. The van der Waals surface area contributed by atoms with Gasteiger partial charge in [0.2, 0.25) is 0 Å². The number of halogens is 1. The number of aromatic hydroxyl groups is 1. The van der Waals surface area contributed by atoms with Crippen LogP contribution < -0.4 is 5.32 Å². The van der Waals surface area contributed by atoms with E-state index in [4.69, 9.17) is 0 Å². The molecule has 0 saturated carbocycles. The minimum atomic E-state index is -0.793. The number of nitrogens with zero attached hydrogens (tertiary/aromatic N) is 2. The van der Waals surface area contributed by atoms with Gasteiger partial charge in [-0.1, -0.05) is 24.3 Å². The molecular formula is C21H18FN3O2S. The maximum Gasteiger partial charge on any atom is 0.139 e. The van der Waals surface area contributed by atoms with Gasteiger partial charge in [0.15, 0.2) is 0 Å². The molecule has 0 spiro atoms. The van der Waals surface area contributed by atoms with Crippen LogP contribution >= 0.6 is 11.3 Å². The Hall–Kier alpha value is -3.03. The number of aliphatic hydroxyl groups excluding tert-OH is 1. The van der Waals surface area contributed by atoms with E-state index in [1.54, 1.807) is 36.4 Å². The lowest BCUT2D eigenvalue weighted by atomic mass is 10.0. The average Bonchev–Trinajstić information content (AvgIpc) is 3.14. The van der Waals surface area contributed by atoms with E-state index in [0.29, 0.717) is 11.4 Å². The molecule has 0 saturated heterocycles. The van der Waals surface area contributed by atoms with E-state index in [1.807, 2.05) is 12.3 Å². The second kappa shape index (κ2) is 7.53. The summed E-state index contributed by atoms with van der Waals surface area (Å²) < 4.78 is 13.3. The van der Waals surface area contributed by atoms with E-state index in [-0.39, 0.29) is 17.6 Å². The van der Waals surface area contributed by atoms with Crippen LogP contribution in [0.1, 0.15) is 18.6 Å². The summed E-state index contributed by atoms with van der Waals surface area (Å²) in [6.45, 7) is 1.86. The summed E-state index contributed by atoms with van der Waals surface area (Å²) in [7, 11) is 0. The van der Waals surface area contributed by atoms with Crippen LogP contribution in [0.5, 0.6) is 5.75 Å². The van der Waals surface area contributed by atoms with Gasteiger partial charge in [-0.05, 0) is 42.3 Å². The lowest BCUT2D eigenvalue weighted by Gasteiger charge is -2.21. The lowest BCUT2D eigenvalue weighted by molar-refractivity contribution is 0.160. The van der Waals surface area contributed by atoms with Crippen LogP contribution in [-0.4, -0.2) is 26.2 Å². The van der Waals surface area contributed by atoms with Gasteiger partial charge in [0.05, 0.1) is 17.5 Å². The second-order valence-electron chi connectivity index (χ2n) is 6.53. The summed E-state index contributed by atoms with van der Waals surface area (Å²) in [6.07, 6.45) is 0.688. The van der Waals surface area contributed by atoms with Gasteiger partial charge in [0, 0.05) is 10.9 Å². The van der Waals surface area contributed by atoms with E-state index in [1.165, 1.54) is 29.8 Å². The summed E-state index contributed by atoms with van der Waals surface area (Å²) in [5.74, 6) is 0.468. The van der Waals surface area contributed by atoms with Crippen LogP contribution in [0.4, 0.5) is 10.2 Å². The predicted octanol–water partition coefficient (Wildman–Crippen LogP) is 4.74. The molecule has 3 N–H and O–H groups in total. The summed E-state index contributed by atoms with van der Waals surface area (Å²) >= 11 is 1.49. The molecule has 2 atom stereocenters. The molecule has 0 bridgehead atoms. The molecule has 2 aromatic heterocycles. The van der Waals surface area contributed by atoms with Crippen molar-refractivity contribution in [3.63, 3.8) is 0 Å². The standard InChI is InChI=1S/C21H18FN3O2S/c1-12(19(27)14-4-8-16(26)9-5-14)25-20-18-17(10-28-21(18)24-11-23-20)13-2-6-15(22)7-3-13/h2-12,19,26-27H,1H3,(H,23,24,25)/t12-,19+/m1/s1. The Morgan fingerprint density at radius 3 is 2.46 bits per heavy atom. The number of nitrogens with one attached hydrogen (secondary N) is 1. The Morgan fingerprint density at radius 1 is 1.04 bits per heavy atom. The van der Waals surface area contributed by atoms with Crippen molar-refractivity contribution in [2.45, 2.75) is 19.1 Å². The molecule has 4 aromatic rings. The first-order valence-corrected chi connectivity index (χ1v) is 9.62. The smallest absolute Gasteiger partial charge is 0.139 e. The van der Waals surface area contributed by atoms with Crippen molar-refractivity contribution in [2.24, 2.45) is 0 Å². The van der Waals surface area contributed by atoms with E-state index in [2.05, 4.69) is 15.3 Å². The predicted molar refractivity (Wildman–Crippen MR) is 109 cm³/mol. The van der Waals surface area contributed by atoms with E-state index >= 15 is 0 Å². The molecule has 142 valence electrons. The van der Waals surface area contributed by atoms with E-state index in [0.717, 1.165) is 21.3 Å². The number of hydrogen-bond acceptors (Lipinski definition) is 6. The first-order valence-electron chi connectivity index (χ1n) is 8.74. The van der Waals surface area contributed by atoms with Gasteiger partial charge < -0.3 is 15.5 Å². The molecule has 5 nitrogen and oxygen atoms in total. The SMILES string of the molecule is C[C@@H](Nc1ncnc2scc(-c3ccc(F)cc3)c12)[C@H](O)c1ccc(O)cc1. The van der Waals surface area contributed by atoms with Gasteiger partial charge >= 0.3 is 0 Å². The minimum Gasteiger partial charge on any atom is -0.508 e. The van der Waals surface area contributed by atoms with Gasteiger partial charge in [0.25, 0.3) is 0 Å². The van der Waals surface area contributed by atoms with Gasteiger partial charge in [-0.15, -0.1) is 11.3 Å². The summed E-state index contributed by atoms with van der Waals surface area (Å²) in [4.78, 5) is 9.51. The molecule has 0 aliphatic heterocycles. The number of aromatic nitrogens is 2. The first-order chi connectivity index (χ1) is 13.5. The molecule has 2 aromatic carbocycles. The maximum absolute atomic E-state index is 13.3. The fourth-order valence-electron chi connectivity index (χ4n) is 3.08. The molecule has 0 aliphatic rings. The maximum atomic E-state index is 13.3. The Morgan fingerprint density at radius 2 is 1.75 bits per heavy atom. The molecule has 0 fully saturated rings. The monoisotopic (exact) mass is 395 g/mol. The molecule has 7 heteroatoms. The van der Waals surface area contributed by atoms with Crippen LogP contribution in [0.25, 0.3) is 21.3 Å². The Kier molecular flexibility index (Phi) is 4.93. The number of aliphatic hydroxyl groups is 1. The third kappa shape index (κ3) is 3.54. The number of anilines is 1.